The quantitative estimate of drug-likeness (QED) is 0.829. The average Bonchev–Trinajstić information content (AvgIpc) is 2.34. The molecule has 2 rings (SSSR count). The van der Waals surface area contributed by atoms with E-state index < -0.39 is 0 Å². The third kappa shape index (κ3) is 2.80. The number of nitriles is 1. The minimum Gasteiger partial charge on any atom is -0.489 e. The van der Waals surface area contributed by atoms with Crippen LogP contribution in [0.3, 0.4) is 0 Å². The predicted molar refractivity (Wildman–Crippen MR) is 73.7 cm³/mol. The van der Waals surface area contributed by atoms with E-state index in [1.165, 1.54) is 0 Å². The maximum Gasteiger partial charge on any atom is 0.138 e. The Hall–Kier alpha value is -1.18. The maximum absolute atomic E-state index is 9.26. The first-order chi connectivity index (χ1) is 8.78. The Morgan fingerprint density at radius 3 is 2.89 bits per heavy atom. The van der Waals surface area contributed by atoms with Crippen molar-refractivity contribution in [3.63, 3.8) is 0 Å². The summed E-state index contributed by atoms with van der Waals surface area (Å²) < 4.78 is 5.90. The largest absolute Gasteiger partial charge is 0.489 e. The van der Waals surface area contributed by atoms with Crippen LogP contribution in [0.1, 0.15) is 25.3 Å². The second kappa shape index (κ2) is 6.12. The fourth-order valence-electron chi connectivity index (χ4n) is 2.14. The molecule has 0 unspecified atom stereocenters. The van der Waals surface area contributed by atoms with Crippen LogP contribution in [0.4, 0.5) is 0 Å². The van der Waals surface area contributed by atoms with Crippen molar-refractivity contribution in [1.29, 1.82) is 5.26 Å². The summed E-state index contributed by atoms with van der Waals surface area (Å²) in [5.74, 6) is 2.27. The summed E-state index contributed by atoms with van der Waals surface area (Å²) in [7, 11) is 0. The predicted octanol–water partition coefficient (Wildman–Crippen LogP) is 2.79. The molecule has 0 aromatic heterocycles. The van der Waals surface area contributed by atoms with E-state index in [-0.39, 0.29) is 6.10 Å². The second-order valence-corrected chi connectivity index (χ2v) is 5.79. The van der Waals surface area contributed by atoms with Crippen LogP contribution in [0, 0.1) is 17.2 Å². The van der Waals surface area contributed by atoms with Gasteiger partial charge in [0.2, 0.25) is 0 Å². The van der Waals surface area contributed by atoms with Crippen LogP contribution >= 0.6 is 11.8 Å². The van der Waals surface area contributed by atoms with Gasteiger partial charge in [-0.15, -0.1) is 11.8 Å². The number of hydrogen-bond acceptors (Lipinski definition) is 4. The van der Waals surface area contributed by atoms with E-state index in [9.17, 15) is 5.26 Å². The fourth-order valence-corrected chi connectivity index (χ4v) is 2.91. The lowest BCUT2D eigenvalue weighted by Crippen LogP contribution is -2.37. The van der Waals surface area contributed by atoms with Gasteiger partial charge in [-0.3, -0.25) is 0 Å². The topological polar surface area (TPSA) is 59.0 Å². The van der Waals surface area contributed by atoms with Crippen molar-refractivity contribution in [2.75, 3.05) is 12.3 Å². The summed E-state index contributed by atoms with van der Waals surface area (Å²) in [6.07, 6.45) is 2.24. The minimum atomic E-state index is 0.229. The number of thioether (sulfide) groups is 1. The van der Waals surface area contributed by atoms with Gasteiger partial charge in [-0.2, -0.15) is 5.26 Å². The number of ether oxygens (including phenoxy) is 1. The van der Waals surface area contributed by atoms with Crippen molar-refractivity contribution in [2.45, 2.75) is 30.8 Å². The summed E-state index contributed by atoms with van der Waals surface area (Å²) in [6, 6.07) is 8.07. The number of nitrogens with zero attached hydrogens (tertiary/aromatic N) is 1. The molecule has 1 saturated carbocycles. The zero-order valence-corrected chi connectivity index (χ0v) is 11.4. The average molecular weight is 262 g/mol. The first-order valence-electron chi connectivity index (χ1n) is 6.31. The lowest BCUT2D eigenvalue weighted by molar-refractivity contribution is 0.0685. The van der Waals surface area contributed by atoms with E-state index >= 15 is 0 Å². The number of nitrogens with two attached hydrogens (primary N) is 1. The molecule has 0 saturated heterocycles. The summed E-state index contributed by atoms with van der Waals surface area (Å²) in [4.78, 5) is 1.01. The molecule has 3 nitrogen and oxygen atoms in total. The Morgan fingerprint density at radius 1 is 1.50 bits per heavy atom. The smallest absolute Gasteiger partial charge is 0.138 e. The van der Waals surface area contributed by atoms with Crippen LogP contribution in [0.25, 0.3) is 0 Å². The van der Waals surface area contributed by atoms with Gasteiger partial charge in [-0.05, 0) is 43.2 Å². The molecule has 0 heterocycles. The van der Waals surface area contributed by atoms with E-state index in [1.54, 1.807) is 11.8 Å². The van der Waals surface area contributed by atoms with Crippen molar-refractivity contribution in [3.05, 3.63) is 23.8 Å². The van der Waals surface area contributed by atoms with Gasteiger partial charge in [0.05, 0.1) is 6.10 Å². The van der Waals surface area contributed by atoms with E-state index in [4.69, 9.17) is 10.5 Å². The lowest BCUT2D eigenvalue weighted by Gasteiger charge is -2.34. The zero-order valence-electron chi connectivity index (χ0n) is 10.6. The van der Waals surface area contributed by atoms with Crippen LogP contribution in [-0.4, -0.2) is 18.4 Å². The van der Waals surface area contributed by atoms with Crippen LogP contribution in [0.2, 0.25) is 0 Å². The molecule has 1 aromatic carbocycles. The highest BCUT2D eigenvalue weighted by molar-refractivity contribution is 7.99. The Bertz CT molecular complexity index is 450. The van der Waals surface area contributed by atoms with Gasteiger partial charge in [-0.1, -0.05) is 13.0 Å². The van der Waals surface area contributed by atoms with Crippen molar-refractivity contribution in [1.82, 2.24) is 0 Å². The number of rotatable bonds is 5. The molecule has 0 radical (unpaired) electrons. The van der Waals surface area contributed by atoms with Gasteiger partial charge in [0.25, 0.3) is 0 Å². The summed E-state index contributed by atoms with van der Waals surface area (Å²) in [5, 5.41) is 9.26. The summed E-state index contributed by atoms with van der Waals surface area (Å²) >= 11 is 1.68. The molecule has 0 amide bonds. The summed E-state index contributed by atoms with van der Waals surface area (Å²) in [6.45, 7) is 2.81. The van der Waals surface area contributed by atoms with Crippen molar-refractivity contribution in [2.24, 2.45) is 11.7 Å². The standard InChI is InChI=1S/C14H18N2OS/c1-2-18-14-5-3-4-13(12(14)9-16)17-11-6-10(7-11)8-15/h3-5,10-11H,2,6-8,15H2,1H3. The normalized spacial score (nSPS) is 22.1. The van der Waals surface area contributed by atoms with E-state index in [0.29, 0.717) is 11.5 Å². The SMILES string of the molecule is CCSc1cccc(OC2CC(CN)C2)c1C#N. The number of hydrogen-bond donors (Lipinski definition) is 1. The summed E-state index contributed by atoms with van der Waals surface area (Å²) in [5.41, 5.74) is 6.27. The third-order valence-corrected chi connectivity index (χ3v) is 4.16. The molecule has 4 heteroatoms. The van der Waals surface area contributed by atoms with Crippen LogP contribution in [0.5, 0.6) is 5.75 Å². The lowest BCUT2D eigenvalue weighted by atomic mass is 9.82. The third-order valence-electron chi connectivity index (χ3n) is 3.22. The van der Waals surface area contributed by atoms with Gasteiger partial charge < -0.3 is 10.5 Å². The highest BCUT2D eigenvalue weighted by Gasteiger charge is 2.30. The molecule has 1 fully saturated rings. The molecular weight excluding hydrogens is 244 g/mol. The fraction of sp³-hybridized carbons (Fsp3) is 0.500. The molecule has 0 aliphatic heterocycles. The molecule has 0 spiro atoms. The van der Waals surface area contributed by atoms with Gasteiger partial charge in [-0.25, -0.2) is 0 Å². The van der Waals surface area contributed by atoms with Gasteiger partial charge in [0.15, 0.2) is 0 Å². The minimum absolute atomic E-state index is 0.229. The molecule has 1 aromatic rings. The van der Waals surface area contributed by atoms with E-state index in [0.717, 1.165) is 35.8 Å². The second-order valence-electron chi connectivity index (χ2n) is 4.49. The highest BCUT2D eigenvalue weighted by Crippen LogP contribution is 2.34. The first kappa shape index (κ1) is 13.3. The number of benzene rings is 1. The van der Waals surface area contributed by atoms with E-state index in [2.05, 4.69) is 13.0 Å². The molecule has 1 aliphatic rings. The highest BCUT2D eigenvalue weighted by atomic mass is 32.2. The van der Waals surface area contributed by atoms with Gasteiger partial charge >= 0.3 is 0 Å². The molecule has 18 heavy (non-hydrogen) atoms. The van der Waals surface area contributed by atoms with Crippen LogP contribution < -0.4 is 10.5 Å². The van der Waals surface area contributed by atoms with Crippen LogP contribution in [0.15, 0.2) is 23.1 Å². The molecule has 2 N–H and O–H groups in total. The van der Waals surface area contributed by atoms with Crippen molar-refractivity contribution in [3.8, 4) is 11.8 Å². The van der Waals surface area contributed by atoms with E-state index in [1.807, 2.05) is 18.2 Å². The van der Waals surface area contributed by atoms with Gasteiger partial charge in [0.1, 0.15) is 17.4 Å². The zero-order chi connectivity index (χ0) is 13.0. The molecular formula is C14H18N2OS. The van der Waals surface area contributed by atoms with Crippen molar-refractivity contribution < 1.29 is 4.74 Å². The molecule has 0 atom stereocenters. The Kier molecular flexibility index (Phi) is 4.51. The Morgan fingerprint density at radius 2 is 2.28 bits per heavy atom. The maximum atomic E-state index is 9.26. The monoisotopic (exact) mass is 262 g/mol. The first-order valence-corrected chi connectivity index (χ1v) is 7.29. The van der Waals surface area contributed by atoms with Crippen molar-refractivity contribution >= 4 is 11.8 Å². The van der Waals surface area contributed by atoms with Crippen LogP contribution in [-0.2, 0) is 0 Å². The Labute approximate surface area is 112 Å². The Balaban J connectivity index is 2.08. The molecule has 0 bridgehead atoms. The molecule has 96 valence electrons. The molecule has 1 aliphatic carbocycles. The van der Waals surface area contributed by atoms with Gasteiger partial charge in [0, 0.05) is 4.90 Å².